The van der Waals surface area contributed by atoms with Crippen molar-refractivity contribution in [2.45, 2.75) is 13.3 Å². The molecule has 6 heteroatoms. The first kappa shape index (κ1) is 19.4. The first-order valence-electron chi connectivity index (χ1n) is 9.61. The fourth-order valence-corrected chi connectivity index (χ4v) is 3.31. The second kappa shape index (κ2) is 8.21. The number of imide groups is 1. The van der Waals surface area contributed by atoms with Crippen LogP contribution in [0.2, 0.25) is 0 Å². The zero-order valence-electron chi connectivity index (χ0n) is 16.4. The second-order valence-electron chi connectivity index (χ2n) is 7.02. The molecule has 1 heterocycles. The van der Waals surface area contributed by atoms with Crippen molar-refractivity contribution in [2.75, 3.05) is 11.9 Å². The summed E-state index contributed by atoms with van der Waals surface area (Å²) in [6, 6.07) is 21.5. The first-order valence-corrected chi connectivity index (χ1v) is 9.61. The monoisotopic (exact) mass is 400 g/mol. The van der Waals surface area contributed by atoms with Crippen molar-refractivity contribution in [3.63, 3.8) is 0 Å². The number of anilines is 1. The summed E-state index contributed by atoms with van der Waals surface area (Å²) in [6.07, 6.45) is -0.00980. The van der Waals surface area contributed by atoms with Crippen molar-refractivity contribution >= 4 is 23.4 Å². The van der Waals surface area contributed by atoms with E-state index in [-0.39, 0.29) is 30.7 Å². The van der Waals surface area contributed by atoms with Crippen molar-refractivity contribution in [1.82, 2.24) is 4.90 Å². The minimum Gasteiger partial charge on any atom is -0.455 e. The van der Waals surface area contributed by atoms with E-state index in [0.29, 0.717) is 28.3 Å². The van der Waals surface area contributed by atoms with Gasteiger partial charge in [-0.1, -0.05) is 42.0 Å². The Morgan fingerprint density at radius 1 is 0.900 bits per heavy atom. The third-order valence-electron chi connectivity index (χ3n) is 4.82. The summed E-state index contributed by atoms with van der Waals surface area (Å²) in [4.78, 5) is 38.7. The van der Waals surface area contributed by atoms with Gasteiger partial charge in [0.15, 0.2) is 5.75 Å². The van der Waals surface area contributed by atoms with Gasteiger partial charge in [0.2, 0.25) is 5.91 Å². The molecule has 0 saturated carbocycles. The number of amides is 3. The standard InChI is InChI=1S/C24H20N2O4/c1-16-11-12-18-19(15-16)24(29)26(23(18)28)14-13-22(27)25-20-9-5-6-10-21(20)30-17-7-3-2-4-8-17/h2-12,15H,13-14H2,1H3,(H,25,27). The highest BCUT2D eigenvalue weighted by molar-refractivity contribution is 6.21. The molecule has 3 aromatic carbocycles. The van der Waals surface area contributed by atoms with Crippen LogP contribution in [0.1, 0.15) is 32.7 Å². The molecule has 3 aromatic rings. The maximum Gasteiger partial charge on any atom is 0.261 e. The molecule has 0 unspecified atom stereocenters. The number of hydrogen-bond acceptors (Lipinski definition) is 4. The minimum absolute atomic E-state index is 0.00980. The Morgan fingerprint density at radius 2 is 1.60 bits per heavy atom. The highest BCUT2D eigenvalue weighted by atomic mass is 16.5. The molecule has 4 rings (SSSR count). The van der Waals surface area contributed by atoms with Crippen LogP contribution in [0.5, 0.6) is 11.5 Å². The maximum absolute atomic E-state index is 12.5. The van der Waals surface area contributed by atoms with Crippen molar-refractivity contribution < 1.29 is 19.1 Å². The molecule has 0 fully saturated rings. The smallest absolute Gasteiger partial charge is 0.261 e. The van der Waals surface area contributed by atoms with Gasteiger partial charge in [0.25, 0.3) is 11.8 Å². The summed E-state index contributed by atoms with van der Waals surface area (Å²) in [5, 5.41) is 2.80. The zero-order chi connectivity index (χ0) is 21.1. The Bertz CT molecular complexity index is 1130. The van der Waals surface area contributed by atoms with E-state index in [9.17, 15) is 14.4 Å². The summed E-state index contributed by atoms with van der Waals surface area (Å²) >= 11 is 0. The van der Waals surface area contributed by atoms with E-state index in [4.69, 9.17) is 4.74 Å². The molecule has 1 N–H and O–H groups in total. The predicted octanol–water partition coefficient (Wildman–Crippen LogP) is 4.41. The van der Waals surface area contributed by atoms with E-state index in [1.807, 2.05) is 43.3 Å². The maximum atomic E-state index is 12.5. The first-order chi connectivity index (χ1) is 14.5. The van der Waals surface area contributed by atoms with E-state index in [1.54, 1.807) is 36.4 Å². The molecule has 0 radical (unpaired) electrons. The number of hydrogen-bond donors (Lipinski definition) is 1. The number of fused-ring (bicyclic) bond motifs is 1. The van der Waals surface area contributed by atoms with Gasteiger partial charge in [-0.15, -0.1) is 0 Å². The van der Waals surface area contributed by atoms with E-state index < -0.39 is 0 Å². The molecule has 150 valence electrons. The Balaban J connectivity index is 1.41. The van der Waals surface area contributed by atoms with Crippen LogP contribution in [0.3, 0.4) is 0 Å². The van der Waals surface area contributed by atoms with Gasteiger partial charge in [0.05, 0.1) is 16.8 Å². The summed E-state index contributed by atoms with van der Waals surface area (Å²) < 4.78 is 5.84. The molecule has 1 aliphatic heterocycles. The number of nitrogens with zero attached hydrogens (tertiary/aromatic N) is 1. The van der Waals surface area contributed by atoms with Gasteiger partial charge in [-0.2, -0.15) is 0 Å². The van der Waals surface area contributed by atoms with E-state index >= 15 is 0 Å². The van der Waals surface area contributed by atoms with Crippen molar-refractivity contribution in [3.05, 3.63) is 89.5 Å². The van der Waals surface area contributed by atoms with Crippen molar-refractivity contribution in [3.8, 4) is 11.5 Å². The van der Waals surface area contributed by atoms with Crippen LogP contribution in [0.4, 0.5) is 5.69 Å². The van der Waals surface area contributed by atoms with Gasteiger partial charge in [-0.3, -0.25) is 19.3 Å². The van der Waals surface area contributed by atoms with Crippen LogP contribution < -0.4 is 10.1 Å². The summed E-state index contributed by atoms with van der Waals surface area (Å²) in [5.74, 6) is 0.121. The lowest BCUT2D eigenvalue weighted by Gasteiger charge is -2.15. The molecule has 0 aliphatic carbocycles. The van der Waals surface area contributed by atoms with E-state index in [0.717, 1.165) is 10.5 Å². The van der Waals surface area contributed by atoms with E-state index in [1.165, 1.54) is 0 Å². The largest absolute Gasteiger partial charge is 0.455 e. The molecule has 6 nitrogen and oxygen atoms in total. The number of ether oxygens (including phenoxy) is 1. The number of carbonyl (C=O) groups is 3. The van der Waals surface area contributed by atoms with Gasteiger partial charge in [0, 0.05) is 13.0 Å². The van der Waals surface area contributed by atoms with Crippen LogP contribution in [-0.2, 0) is 4.79 Å². The predicted molar refractivity (Wildman–Crippen MR) is 113 cm³/mol. The molecule has 0 spiro atoms. The molecular formula is C24H20N2O4. The van der Waals surface area contributed by atoms with Gasteiger partial charge in [-0.05, 0) is 43.3 Å². The Hall–Kier alpha value is -3.93. The number of aryl methyl sites for hydroxylation is 1. The zero-order valence-corrected chi connectivity index (χ0v) is 16.4. The molecule has 3 amide bonds. The van der Waals surface area contributed by atoms with E-state index in [2.05, 4.69) is 5.32 Å². The number of rotatable bonds is 6. The van der Waals surface area contributed by atoms with Gasteiger partial charge >= 0.3 is 0 Å². The topological polar surface area (TPSA) is 75.7 Å². The van der Waals surface area contributed by atoms with Crippen LogP contribution >= 0.6 is 0 Å². The van der Waals surface area contributed by atoms with Crippen LogP contribution in [0.15, 0.2) is 72.8 Å². The minimum atomic E-state index is -0.365. The highest BCUT2D eigenvalue weighted by Gasteiger charge is 2.35. The normalized spacial score (nSPS) is 12.6. The molecule has 30 heavy (non-hydrogen) atoms. The van der Waals surface area contributed by atoms with Gasteiger partial charge in [-0.25, -0.2) is 0 Å². The van der Waals surface area contributed by atoms with Crippen LogP contribution in [-0.4, -0.2) is 29.2 Å². The third-order valence-corrected chi connectivity index (χ3v) is 4.82. The molecule has 0 aromatic heterocycles. The van der Waals surface area contributed by atoms with Crippen molar-refractivity contribution in [1.29, 1.82) is 0 Å². The van der Waals surface area contributed by atoms with Crippen LogP contribution in [0.25, 0.3) is 0 Å². The number of carbonyl (C=O) groups excluding carboxylic acids is 3. The Kier molecular flexibility index (Phi) is 5.30. The lowest BCUT2D eigenvalue weighted by Crippen LogP contribution is -2.32. The Morgan fingerprint density at radius 3 is 2.40 bits per heavy atom. The molecule has 1 aliphatic rings. The van der Waals surface area contributed by atoms with Gasteiger partial charge in [0.1, 0.15) is 5.75 Å². The molecule has 0 bridgehead atoms. The van der Waals surface area contributed by atoms with Crippen molar-refractivity contribution in [2.24, 2.45) is 0 Å². The number of benzene rings is 3. The summed E-state index contributed by atoms with van der Waals surface area (Å²) in [6.45, 7) is 1.88. The lowest BCUT2D eigenvalue weighted by atomic mass is 10.1. The summed E-state index contributed by atoms with van der Waals surface area (Å²) in [5.41, 5.74) is 2.20. The number of nitrogens with one attached hydrogen (secondary N) is 1. The second-order valence-corrected chi connectivity index (χ2v) is 7.02. The molecule has 0 atom stereocenters. The Labute approximate surface area is 174 Å². The quantitative estimate of drug-likeness (QED) is 0.622. The fourth-order valence-electron chi connectivity index (χ4n) is 3.31. The average Bonchev–Trinajstić information content (AvgIpc) is 2.98. The summed E-state index contributed by atoms with van der Waals surface area (Å²) in [7, 11) is 0. The molecular weight excluding hydrogens is 380 g/mol. The third kappa shape index (κ3) is 3.93. The lowest BCUT2D eigenvalue weighted by molar-refractivity contribution is -0.116. The average molecular weight is 400 g/mol. The fraction of sp³-hybridized carbons (Fsp3) is 0.125. The SMILES string of the molecule is Cc1ccc2c(c1)C(=O)N(CCC(=O)Nc1ccccc1Oc1ccccc1)C2=O. The molecule has 0 saturated heterocycles. The number of para-hydroxylation sites is 3. The van der Waals surface area contributed by atoms with Gasteiger partial charge < -0.3 is 10.1 Å². The van der Waals surface area contributed by atoms with Crippen LogP contribution in [0, 0.1) is 6.92 Å². The highest BCUT2D eigenvalue weighted by Crippen LogP contribution is 2.29.